The Kier molecular flexibility index (Phi) is 4.92. The lowest BCUT2D eigenvalue weighted by molar-refractivity contribution is -0.121. The van der Waals surface area contributed by atoms with Crippen molar-refractivity contribution < 1.29 is 17.9 Å². The van der Waals surface area contributed by atoms with Crippen molar-refractivity contribution in [3.05, 3.63) is 47.0 Å². The number of hydrogen-bond acceptors (Lipinski definition) is 6. The van der Waals surface area contributed by atoms with Gasteiger partial charge in [0, 0.05) is 17.5 Å². The van der Waals surface area contributed by atoms with Gasteiger partial charge in [-0.3, -0.25) is 4.79 Å². The van der Waals surface area contributed by atoms with Crippen LogP contribution in [-0.2, 0) is 25.8 Å². The summed E-state index contributed by atoms with van der Waals surface area (Å²) in [5, 5.41) is 9.95. The third-order valence-electron chi connectivity index (χ3n) is 6.20. The number of carbonyl (C=O) groups excluding carboxylic acids is 1. The molecule has 0 saturated heterocycles. The highest BCUT2D eigenvalue weighted by molar-refractivity contribution is 7.89. The first kappa shape index (κ1) is 20.5. The first-order valence-electron chi connectivity index (χ1n) is 10.1. The van der Waals surface area contributed by atoms with E-state index in [1.54, 1.807) is 13.2 Å². The molecule has 7 nitrogen and oxygen atoms in total. The summed E-state index contributed by atoms with van der Waals surface area (Å²) in [7, 11) is -1.55. The fourth-order valence-electron chi connectivity index (χ4n) is 4.54. The second kappa shape index (κ2) is 7.19. The van der Waals surface area contributed by atoms with Gasteiger partial charge in [0.05, 0.1) is 29.7 Å². The van der Waals surface area contributed by atoms with Crippen molar-refractivity contribution in [1.29, 1.82) is 0 Å². The molecule has 1 amide bonds. The van der Waals surface area contributed by atoms with E-state index in [4.69, 9.17) is 4.74 Å². The van der Waals surface area contributed by atoms with Gasteiger partial charge in [0.15, 0.2) is 9.84 Å². The first-order valence-corrected chi connectivity index (χ1v) is 12.1. The van der Waals surface area contributed by atoms with E-state index < -0.39 is 15.3 Å². The predicted octanol–water partition coefficient (Wildman–Crippen LogP) is 3.79. The number of nitrogens with one attached hydrogen (secondary N) is 3. The second-order valence-corrected chi connectivity index (χ2v) is 10.2. The molecule has 8 heteroatoms. The Morgan fingerprint density at radius 3 is 2.30 bits per heavy atom. The molecule has 30 heavy (non-hydrogen) atoms. The zero-order chi connectivity index (χ0) is 21.7. The molecule has 0 aliphatic carbocycles. The molecule has 2 aliphatic rings. The molecule has 0 fully saturated rings. The van der Waals surface area contributed by atoms with E-state index in [9.17, 15) is 13.2 Å². The minimum atomic E-state index is -3.13. The lowest BCUT2D eigenvalue weighted by atomic mass is 9.77. The fraction of sp³-hybridized carbons (Fsp3) is 0.409. The van der Waals surface area contributed by atoms with Gasteiger partial charge in [0.25, 0.3) is 0 Å². The molecule has 0 radical (unpaired) electrons. The van der Waals surface area contributed by atoms with E-state index in [2.05, 4.69) is 22.0 Å². The van der Waals surface area contributed by atoms with E-state index in [-0.39, 0.29) is 17.8 Å². The van der Waals surface area contributed by atoms with Crippen LogP contribution in [0.25, 0.3) is 0 Å². The Labute approximate surface area is 177 Å². The topological polar surface area (TPSA) is 96.5 Å². The van der Waals surface area contributed by atoms with Crippen LogP contribution in [0.3, 0.4) is 0 Å². The van der Waals surface area contributed by atoms with Crippen molar-refractivity contribution in [2.24, 2.45) is 0 Å². The molecule has 2 heterocycles. The van der Waals surface area contributed by atoms with Crippen molar-refractivity contribution in [2.45, 2.75) is 44.0 Å². The number of anilines is 3. The molecule has 0 aromatic heterocycles. The number of ether oxygens (including phenoxy) is 1. The van der Waals surface area contributed by atoms with Gasteiger partial charge in [-0.1, -0.05) is 26.0 Å². The number of methoxy groups -OCH3 is 1. The third-order valence-corrected chi connectivity index (χ3v) is 7.06. The summed E-state index contributed by atoms with van der Waals surface area (Å²) < 4.78 is 28.8. The molecule has 160 valence electrons. The number of rotatable bonds is 6. The van der Waals surface area contributed by atoms with Gasteiger partial charge < -0.3 is 20.7 Å². The average Bonchev–Trinajstić information content (AvgIpc) is 3.22. The summed E-state index contributed by atoms with van der Waals surface area (Å²) in [6.07, 6.45) is 2.48. The maximum Gasteiger partial charge on any atom is 0.235 e. The number of sulfone groups is 1. The summed E-state index contributed by atoms with van der Waals surface area (Å²) in [6.45, 7) is 4.09. The van der Waals surface area contributed by atoms with Gasteiger partial charge in [0.2, 0.25) is 5.91 Å². The lowest BCUT2D eigenvalue weighted by Gasteiger charge is -2.24. The molecule has 3 N–H and O–H groups in total. The molecule has 2 aromatic rings. The summed E-state index contributed by atoms with van der Waals surface area (Å²) in [4.78, 5) is 12.6. The molecule has 2 aromatic carbocycles. The van der Waals surface area contributed by atoms with Crippen LogP contribution in [0, 0.1) is 0 Å². The SMILES string of the molecule is CCC1(CC)C(=O)Nc2cc3c(cc21)NC(c1ccc(CS(C)(=O)=O)cc1OC)N3. The van der Waals surface area contributed by atoms with Crippen molar-refractivity contribution in [1.82, 2.24) is 0 Å². The summed E-state index contributed by atoms with van der Waals surface area (Å²) in [5.74, 6) is 0.648. The van der Waals surface area contributed by atoms with Crippen molar-refractivity contribution in [2.75, 3.05) is 29.3 Å². The van der Waals surface area contributed by atoms with Gasteiger partial charge in [-0.05, 0) is 42.2 Å². The molecule has 4 rings (SSSR count). The Balaban J connectivity index is 1.66. The zero-order valence-corrected chi connectivity index (χ0v) is 18.4. The highest BCUT2D eigenvalue weighted by Crippen LogP contribution is 2.49. The molecular weight excluding hydrogens is 402 g/mol. The number of fused-ring (bicyclic) bond motifs is 2. The fourth-order valence-corrected chi connectivity index (χ4v) is 5.33. The van der Waals surface area contributed by atoms with E-state index in [0.717, 1.165) is 41.0 Å². The molecule has 0 bridgehead atoms. The molecule has 1 unspecified atom stereocenters. The Bertz CT molecular complexity index is 1120. The molecule has 1 atom stereocenters. The molecule has 0 saturated carbocycles. The number of amides is 1. The summed E-state index contributed by atoms with van der Waals surface area (Å²) in [5.41, 5.74) is 4.80. The van der Waals surface area contributed by atoms with Crippen molar-refractivity contribution in [3.8, 4) is 5.75 Å². The van der Waals surface area contributed by atoms with Gasteiger partial charge in [0.1, 0.15) is 11.9 Å². The van der Waals surface area contributed by atoms with Crippen LogP contribution in [0.15, 0.2) is 30.3 Å². The monoisotopic (exact) mass is 429 g/mol. The van der Waals surface area contributed by atoms with E-state index in [1.807, 2.05) is 32.0 Å². The van der Waals surface area contributed by atoms with Gasteiger partial charge in [-0.15, -0.1) is 0 Å². The minimum absolute atomic E-state index is 0.0298. The standard InChI is InChI=1S/C22H27N3O4S/c1-5-22(6-2)15-10-17-18(11-16(15)25-21(22)26)24-20(23-17)14-8-7-13(9-19(14)29-3)12-30(4,27)28/h7-11,20,23-24H,5-6,12H2,1-4H3,(H,25,26). The smallest absolute Gasteiger partial charge is 0.235 e. The number of hydrogen-bond donors (Lipinski definition) is 3. The van der Waals surface area contributed by atoms with E-state index >= 15 is 0 Å². The zero-order valence-electron chi connectivity index (χ0n) is 17.6. The van der Waals surface area contributed by atoms with Crippen molar-refractivity contribution in [3.63, 3.8) is 0 Å². The number of carbonyl (C=O) groups is 1. The Hall–Kier alpha value is -2.74. The average molecular weight is 430 g/mol. The highest BCUT2D eigenvalue weighted by Gasteiger charge is 2.45. The van der Waals surface area contributed by atoms with Crippen LogP contribution >= 0.6 is 0 Å². The summed E-state index contributed by atoms with van der Waals surface area (Å²) >= 11 is 0. The Morgan fingerprint density at radius 2 is 1.70 bits per heavy atom. The molecule has 2 aliphatic heterocycles. The normalized spacial score (nSPS) is 18.8. The van der Waals surface area contributed by atoms with Crippen LogP contribution in [0.1, 0.15) is 49.5 Å². The van der Waals surface area contributed by atoms with Crippen LogP contribution < -0.4 is 20.7 Å². The van der Waals surface area contributed by atoms with E-state index in [0.29, 0.717) is 11.3 Å². The van der Waals surface area contributed by atoms with Gasteiger partial charge >= 0.3 is 0 Å². The maximum absolute atomic E-state index is 12.6. The Morgan fingerprint density at radius 1 is 1.03 bits per heavy atom. The first-order chi connectivity index (χ1) is 14.2. The largest absolute Gasteiger partial charge is 0.496 e. The van der Waals surface area contributed by atoms with Crippen molar-refractivity contribution >= 4 is 32.8 Å². The molecular formula is C22H27N3O4S. The number of benzene rings is 2. The van der Waals surface area contributed by atoms with E-state index in [1.165, 1.54) is 6.26 Å². The predicted molar refractivity (Wildman–Crippen MR) is 119 cm³/mol. The van der Waals surface area contributed by atoms with Gasteiger partial charge in [-0.25, -0.2) is 8.42 Å². The summed E-state index contributed by atoms with van der Waals surface area (Å²) in [6, 6.07) is 9.50. The second-order valence-electron chi connectivity index (χ2n) is 8.05. The van der Waals surface area contributed by atoms with Crippen LogP contribution in [0.2, 0.25) is 0 Å². The minimum Gasteiger partial charge on any atom is -0.496 e. The molecule has 0 spiro atoms. The van der Waals surface area contributed by atoms with Gasteiger partial charge in [-0.2, -0.15) is 0 Å². The quantitative estimate of drug-likeness (QED) is 0.647. The lowest BCUT2D eigenvalue weighted by Crippen LogP contribution is -2.32. The van der Waals surface area contributed by atoms with Crippen LogP contribution in [0.4, 0.5) is 17.1 Å². The highest BCUT2D eigenvalue weighted by atomic mass is 32.2. The third kappa shape index (κ3) is 3.29. The maximum atomic E-state index is 12.6. The van der Waals surface area contributed by atoms with Crippen LogP contribution in [0.5, 0.6) is 5.75 Å². The van der Waals surface area contributed by atoms with Crippen LogP contribution in [-0.4, -0.2) is 27.7 Å².